The first-order chi connectivity index (χ1) is 17.1. The molecule has 1 fully saturated rings. The third kappa shape index (κ3) is 3.79. The molecule has 1 aromatic heterocycles. The molecule has 2 aliphatic rings. The zero-order chi connectivity index (χ0) is 23.9. The molecule has 3 amide bonds. The van der Waals surface area contributed by atoms with Crippen LogP contribution in [-0.4, -0.2) is 50.6 Å². The number of aromatic amines is 1. The SMILES string of the molecule is O=C(c1ccc2c(c1)C(=O)N(Cc1ccccc1)C2=O)N1CCC(c2nc3ccccc3[nH]2)CC1. The molecule has 0 bridgehead atoms. The Kier molecular flexibility index (Phi) is 5.17. The fraction of sp³-hybridized carbons (Fsp3) is 0.214. The Balaban J connectivity index is 1.15. The Morgan fingerprint density at radius 1 is 0.886 bits per heavy atom. The number of carbonyl (C=O) groups is 3. The van der Waals surface area contributed by atoms with Gasteiger partial charge in [0.1, 0.15) is 5.82 Å². The molecule has 0 aliphatic carbocycles. The van der Waals surface area contributed by atoms with Crippen LogP contribution in [0.4, 0.5) is 0 Å². The number of aromatic nitrogens is 2. The lowest BCUT2D eigenvalue weighted by molar-refractivity contribution is 0.0641. The Morgan fingerprint density at radius 2 is 1.60 bits per heavy atom. The maximum atomic E-state index is 13.2. The second kappa shape index (κ2) is 8.51. The molecule has 6 rings (SSSR count). The highest BCUT2D eigenvalue weighted by molar-refractivity contribution is 6.22. The Morgan fingerprint density at radius 3 is 2.37 bits per heavy atom. The summed E-state index contributed by atoms with van der Waals surface area (Å²) < 4.78 is 0. The Hall–Kier alpha value is -4.26. The molecule has 7 nitrogen and oxygen atoms in total. The number of H-pyrrole nitrogens is 1. The highest BCUT2D eigenvalue weighted by Crippen LogP contribution is 2.30. The summed E-state index contributed by atoms with van der Waals surface area (Å²) in [5.74, 6) is 0.458. The molecule has 0 unspecified atom stereocenters. The van der Waals surface area contributed by atoms with E-state index in [1.54, 1.807) is 18.2 Å². The second-order valence-electron chi connectivity index (χ2n) is 9.15. The molecule has 1 saturated heterocycles. The molecule has 7 heteroatoms. The standard InChI is InChI=1S/C28H24N4O3/c33-26(31-14-12-19(13-15-31)25-29-23-8-4-5-9-24(23)30-25)20-10-11-21-22(16-20)28(35)32(27(21)34)17-18-6-2-1-3-7-18/h1-11,16,19H,12-15,17H2,(H,29,30). The van der Waals surface area contributed by atoms with E-state index in [0.717, 1.165) is 35.3 Å². The fourth-order valence-corrected chi connectivity index (χ4v) is 5.04. The van der Waals surface area contributed by atoms with Gasteiger partial charge >= 0.3 is 0 Å². The van der Waals surface area contributed by atoms with Crippen molar-refractivity contribution < 1.29 is 14.4 Å². The minimum atomic E-state index is -0.355. The summed E-state index contributed by atoms with van der Waals surface area (Å²) in [5, 5.41) is 0. The van der Waals surface area contributed by atoms with Crippen LogP contribution >= 0.6 is 0 Å². The van der Waals surface area contributed by atoms with Crippen molar-refractivity contribution in [3.05, 3.63) is 101 Å². The van der Waals surface area contributed by atoms with Gasteiger partial charge in [-0.1, -0.05) is 42.5 Å². The Bertz CT molecular complexity index is 1420. The van der Waals surface area contributed by atoms with E-state index >= 15 is 0 Å². The number of likely N-dealkylation sites (tertiary alicyclic amines) is 1. The maximum absolute atomic E-state index is 13.2. The van der Waals surface area contributed by atoms with E-state index < -0.39 is 0 Å². The number of para-hydroxylation sites is 2. The van der Waals surface area contributed by atoms with Gasteiger partial charge < -0.3 is 9.88 Å². The molecule has 3 aromatic carbocycles. The predicted octanol–water partition coefficient (Wildman–Crippen LogP) is 4.38. The van der Waals surface area contributed by atoms with E-state index in [9.17, 15) is 14.4 Å². The number of carbonyl (C=O) groups excluding carboxylic acids is 3. The molecular weight excluding hydrogens is 440 g/mol. The number of amides is 3. The van der Waals surface area contributed by atoms with E-state index in [-0.39, 0.29) is 30.2 Å². The summed E-state index contributed by atoms with van der Waals surface area (Å²) in [4.78, 5) is 50.3. The number of nitrogens with one attached hydrogen (secondary N) is 1. The van der Waals surface area contributed by atoms with Gasteiger partial charge in [0.25, 0.3) is 17.7 Å². The monoisotopic (exact) mass is 464 g/mol. The van der Waals surface area contributed by atoms with Crippen LogP contribution in [0.3, 0.4) is 0 Å². The zero-order valence-electron chi connectivity index (χ0n) is 19.1. The van der Waals surface area contributed by atoms with E-state index in [2.05, 4.69) is 4.98 Å². The number of rotatable bonds is 4. The van der Waals surface area contributed by atoms with E-state index in [4.69, 9.17) is 4.98 Å². The van der Waals surface area contributed by atoms with Crippen molar-refractivity contribution in [1.29, 1.82) is 0 Å². The molecule has 0 saturated carbocycles. The quantitative estimate of drug-likeness (QED) is 0.454. The van der Waals surface area contributed by atoms with Crippen molar-refractivity contribution in [3.8, 4) is 0 Å². The van der Waals surface area contributed by atoms with Gasteiger partial charge in [-0.05, 0) is 48.7 Å². The van der Waals surface area contributed by atoms with Crippen LogP contribution in [0.15, 0.2) is 72.8 Å². The fourth-order valence-electron chi connectivity index (χ4n) is 5.04. The van der Waals surface area contributed by atoms with Crippen LogP contribution in [0.2, 0.25) is 0 Å². The topological polar surface area (TPSA) is 86.4 Å². The van der Waals surface area contributed by atoms with Crippen molar-refractivity contribution in [1.82, 2.24) is 19.8 Å². The third-order valence-electron chi connectivity index (χ3n) is 6.98. The van der Waals surface area contributed by atoms with E-state index in [1.807, 2.05) is 59.5 Å². The van der Waals surface area contributed by atoms with Crippen LogP contribution in [0.25, 0.3) is 11.0 Å². The minimum absolute atomic E-state index is 0.113. The highest BCUT2D eigenvalue weighted by atomic mass is 16.2. The summed E-state index contributed by atoms with van der Waals surface area (Å²) in [6.45, 7) is 1.45. The number of fused-ring (bicyclic) bond motifs is 2. The molecule has 0 spiro atoms. The first-order valence-corrected chi connectivity index (χ1v) is 11.9. The van der Waals surface area contributed by atoms with Gasteiger partial charge in [0.2, 0.25) is 0 Å². The summed E-state index contributed by atoms with van der Waals surface area (Å²) in [7, 11) is 0. The van der Waals surface area contributed by atoms with Crippen LogP contribution < -0.4 is 0 Å². The van der Waals surface area contributed by atoms with Crippen LogP contribution in [0.5, 0.6) is 0 Å². The number of nitrogens with zero attached hydrogens (tertiary/aromatic N) is 3. The minimum Gasteiger partial charge on any atom is -0.342 e. The van der Waals surface area contributed by atoms with Crippen molar-refractivity contribution in [2.75, 3.05) is 13.1 Å². The van der Waals surface area contributed by atoms with Crippen molar-refractivity contribution in [2.24, 2.45) is 0 Å². The molecule has 0 atom stereocenters. The lowest BCUT2D eigenvalue weighted by Crippen LogP contribution is -2.38. The number of imide groups is 1. The predicted molar refractivity (Wildman–Crippen MR) is 131 cm³/mol. The first kappa shape index (κ1) is 21.3. The molecule has 1 N–H and O–H groups in total. The van der Waals surface area contributed by atoms with Gasteiger partial charge in [-0.15, -0.1) is 0 Å². The first-order valence-electron chi connectivity index (χ1n) is 11.9. The number of hydrogen-bond acceptors (Lipinski definition) is 4. The van der Waals surface area contributed by atoms with Crippen LogP contribution in [0, 0.1) is 0 Å². The molecule has 3 heterocycles. The van der Waals surface area contributed by atoms with Gasteiger partial charge in [-0.3, -0.25) is 19.3 Å². The molecule has 0 radical (unpaired) electrons. The largest absolute Gasteiger partial charge is 0.342 e. The zero-order valence-corrected chi connectivity index (χ0v) is 19.1. The van der Waals surface area contributed by atoms with E-state index in [0.29, 0.717) is 29.8 Å². The Labute approximate surface area is 202 Å². The van der Waals surface area contributed by atoms with Crippen LogP contribution in [0.1, 0.15) is 61.2 Å². The van der Waals surface area contributed by atoms with Crippen molar-refractivity contribution in [3.63, 3.8) is 0 Å². The maximum Gasteiger partial charge on any atom is 0.261 e. The normalized spacial score (nSPS) is 16.2. The number of imidazole rings is 1. The third-order valence-corrected chi connectivity index (χ3v) is 6.98. The summed E-state index contributed by atoms with van der Waals surface area (Å²) >= 11 is 0. The highest BCUT2D eigenvalue weighted by Gasteiger charge is 2.36. The van der Waals surface area contributed by atoms with Gasteiger partial charge in [-0.25, -0.2) is 4.98 Å². The van der Waals surface area contributed by atoms with Gasteiger partial charge in [0.15, 0.2) is 0 Å². The molecule has 35 heavy (non-hydrogen) atoms. The summed E-state index contributed by atoms with van der Waals surface area (Å²) in [6, 6.07) is 22.2. The van der Waals surface area contributed by atoms with E-state index in [1.165, 1.54) is 4.90 Å². The molecule has 2 aliphatic heterocycles. The lowest BCUT2D eigenvalue weighted by atomic mass is 9.95. The molecule has 174 valence electrons. The number of hydrogen-bond donors (Lipinski definition) is 1. The smallest absolute Gasteiger partial charge is 0.261 e. The van der Waals surface area contributed by atoms with Gasteiger partial charge in [0, 0.05) is 24.6 Å². The number of piperidine rings is 1. The summed E-state index contributed by atoms with van der Waals surface area (Å²) in [5.41, 5.74) is 3.96. The second-order valence-corrected chi connectivity index (χ2v) is 9.15. The number of benzene rings is 3. The molecule has 4 aromatic rings. The van der Waals surface area contributed by atoms with Crippen molar-refractivity contribution >= 4 is 28.8 Å². The van der Waals surface area contributed by atoms with Crippen LogP contribution in [-0.2, 0) is 6.54 Å². The average Bonchev–Trinajstić information content (AvgIpc) is 3.44. The van der Waals surface area contributed by atoms with Gasteiger partial charge in [0.05, 0.1) is 28.7 Å². The summed E-state index contributed by atoms with van der Waals surface area (Å²) in [6.07, 6.45) is 1.64. The van der Waals surface area contributed by atoms with Gasteiger partial charge in [-0.2, -0.15) is 0 Å². The van der Waals surface area contributed by atoms with Crippen molar-refractivity contribution in [2.45, 2.75) is 25.3 Å². The lowest BCUT2D eigenvalue weighted by Gasteiger charge is -2.31. The molecular formula is C28H24N4O3. The average molecular weight is 465 g/mol.